The van der Waals surface area contributed by atoms with Crippen LogP contribution in [-0.2, 0) is 16.4 Å². The van der Waals surface area contributed by atoms with Gasteiger partial charge in [0.25, 0.3) is 0 Å². The van der Waals surface area contributed by atoms with Gasteiger partial charge >= 0.3 is 0 Å². The van der Waals surface area contributed by atoms with Crippen LogP contribution in [0.15, 0.2) is 59.5 Å². The second-order valence-electron chi connectivity index (χ2n) is 5.55. The first kappa shape index (κ1) is 15.7. The van der Waals surface area contributed by atoms with Gasteiger partial charge in [-0.2, -0.15) is 0 Å². The molecule has 0 fully saturated rings. The van der Waals surface area contributed by atoms with Gasteiger partial charge in [-0.05, 0) is 35.6 Å². The molecule has 2 aromatic rings. The van der Waals surface area contributed by atoms with E-state index in [1.54, 1.807) is 12.1 Å². The summed E-state index contributed by atoms with van der Waals surface area (Å²) in [6.45, 7) is 4.41. The summed E-state index contributed by atoms with van der Waals surface area (Å²) in [6, 6.07) is 17.2. The monoisotopic (exact) mass is 303 g/mol. The van der Waals surface area contributed by atoms with E-state index in [9.17, 15) is 8.42 Å². The van der Waals surface area contributed by atoms with Gasteiger partial charge in [0.05, 0.1) is 4.90 Å². The van der Waals surface area contributed by atoms with Crippen LogP contribution < -0.4 is 4.72 Å². The van der Waals surface area contributed by atoms with Gasteiger partial charge in [-0.3, -0.25) is 0 Å². The van der Waals surface area contributed by atoms with Gasteiger partial charge in [-0.15, -0.1) is 0 Å². The summed E-state index contributed by atoms with van der Waals surface area (Å²) in [5, 5.41) is 0. The van der Waals surface area contributed by atoms with Crippen molar-refractivity contribution in [3.63, 3.8) is 0 Å². The molecule has 0 spiro atoms. The van der Waals surface area contributed by atoms with Crippen molar-refractivity contribution in [2.24, 2.45) is 5.92 Å². The minimum atomic E-state index is -3.39. The van der Waals surface area contributed by atoms with Gasteiger partial charge in [-0.25, -0.2) is 13.1 Å². The highest BCUT2D eigenvalue weighted by Gasteiger charge is 2.13. The van der Waals surface area contributed by atoms with Gasteiger partial charge in [0.15, 0.2) is 0 Å². The van der Waals surface area contributed by atoms with Crippen molar-refractivity contribution in [1.82, 2.24) is 4.72 Å². The zero-order chi connectivity index (χ0) is 15.3. The van der Waals surface area contributed by atoms with Crippen LogP contribution in [0.4, 0.5) is 0 Å². The molecule has 0 aliphatic carbocycles. The Hall–Kier alpha value is -1.65. The van der Waals surface area contributed by atoms with E-state index in [2.05, 4.69) is 16.9 Å². The van der Waals surface area contributed by atoms with Crippen molar-refractivity contribution in [3.05, 3.63) is 65.7 Å². The SMILES string of the molecule is CC(C)CNS(=O)(=O)c1ccc(Cc2ccccc2)cc1. The van der Waals surface area contributed by atoms with Crippen LogP contribution in [0.1, 0.15) is 25.0 Å². The van der Waals surface area contributed by atoms with Gasteiger partial charge in [0, 0.05) is 6.54 Å². The predicted octanol–water partition coefficient (Wildman–Crippen LogP) is 3.21. The second kappa shape index (κ2) is 6.87. The molecular formula is C17H21NO2S. The fraction of sp³-hybridized carbons (Fsp3) is 0.294. The van der Waals surface area contributed by atoms with E-state index in [4.69, 9.17) is 0 Å². The lowest BCUT2D eigenvalue weighted by atomic mass is 10.1. The first-order chi connectivity index (χ1) is 9.97. The molecule has 0 atom stereocenters. The van der Waals surface area contributed by atoms with Crippen LogP contribution in [0.3, 0.4) is 0 Å². The van der Waals surface area contributed by atoms with E-state index in [1.807, 2.05) is 44.2 Å². The summed E-state index contributed by atoms with van der Waals surface area (Å²) in [6.07, 6.45) is 0.806. The summed E-state index contributed by atoms with van der Waals surface area (Å²) < 4.78 is 26.8. The Balaban J connectivity index is 2.08. The fourth-order valence-corrected chi connectivity index (χ4v) is 3.19. The minimum absolute atomic E-state index is 0.289. The number of rotatable bonds is 6. The highest BCUT2D eigenvalue weighted by Crippen LogP contribution is 2.14. The van der Waals surface area contributed by atoms with E-state index in [0.29, 0.717) is 11.4 Å². The van der Waals surface area contributed by atoms with Crippen molar-refractivity contribution in [1.29, 1.82) is 0 Å². The van der Waals surface area contributed by atoms with Gasteiger partial charge in [-0.1, -0.05) is 56.3 Å². The number of hydrogen-bond donors (Lipinski definition) is 1. The van der Waals surface area contributed by atoms with Crippen molar-refractivity contribution in [2.45, 2.75) is 25.2 Å². The zero-order valence-electron chi connectivity index (χ0n) is 12.4. The number of benzene rings is 2. The molecule has 0 radical (unpaired) electrons. The highest BCUT2D eigenvalue weighted by molar-refractivity contribution is 7.89. The Morgan fingerprint density at radius 1 is 0.905 bits per heavy atom. The standard InChI is InChI=1S/C17H21NO2S/c1-14(2)13-18-21(19,20)17-10-8-16(9-11-17)12-15-6-4-3-5-7-15/h3-11,14,18H,12-13H2,1-2H3. The molecule has 112 valence electrons. The largest absolute Gasteiger partial charge is 0.240 e. The molecule has 1 N–H and O–H groups in total. The third-order valence-corrected chi connectivity index (χ3v) is 4.61. The number of sulfonamides is 1. The summed E-state index contributed by atoms with van der Waals surface area (Å²) in [7, 11) is -3.39. The summed E-state index contributed by atoms with van der Waals surface area (Å²) in [4.78, 5) is 0.319. The average molecular weight is 303 g/mol. The lowest BCUT2D eigenvalue weighted by Gasteiger charge is -2.09. The Labute approximate surface area is 127 Å². The maximum Gasteiger partial charge on any atom is 0.240 e. The summed E-state index contributed by atoms with van der Waals surface area (Å²) >= 11 is 0. The van der Waals surface area contributed by atoms with Crippen LogP contribution in [-0.4, -0.2) is 15.0 Å². The van der Waals surface area contributed by atoms with Crippen molar-refractivity contribution in [2.75, 3.05) is 6.54 Å². The maximum atomic E-state index is 12.1. The summed E-state index contributed by atoms with van der Waals surface area (Å²) in [5.74, 6) is 0.289. The topological polar surface area (TPSA) is 46.2 Å². The lowest BCUT2D eigenvalue weighted by Crippen LogP contribution is -2.27. The first-order valence-electron chi connectivity index (χ1n) is 7.10. The van der Waals surface area contributed by atoms with Crippen LogP contribution in [0.2, 0.25) is 0 Å². The number of nitrogens with one attached hydrogen (secondary N) is 1. The minimum Gasteiger partial charge on any atom is -0.211 e. The van der Waals surface area contributed by atoms with Crippen LogP contribution in [0.5, 0.6) is 0 Å². The normalized spacial score (nSPS) is 11.8. The van der Waals surface area contributed by atoms with Gasteiger partial charge in [0.2, 0.25) is 10.0 Å². The molecule has 2 rings (SSSR count). The highest BCUT2D eigenvalue weighted by atomic mass is 32.2. The van der Waals surface area contributed by atoms with Gasteiger partial charge < -0.3 is 0 Å². The van der Waals surface area contributed by atoms with E-state index in [0.717, 1.165) is 12.0 Å². The van der Waals surface area contributed by atoms with E-state index < -0.39 is 10.0 Å². The van der Waals surface area contributed by atoms with Crippen LogP contribution in [0.25, 0.3) is 0 Å². The van der Waals surface area contributed by atoms with Crippen LogP contribution >= 0.6 is 0 Å². The van der Waals surface area contributed by atoms with Crippen molar-refractivity contribution >= 4 is 10.0 Å². The molecule has 0 saturated carbocycles. The van der Waals surface area contributed by atoms with E-state index in [1.165, 1.54) is 5.56 Å². The van der Waals surface area contributed by atoms with Crippen molar-refractivity contribution < 1.29 is 8.42 Å². The third-order valence-electron chi connectivity index (χ3n) is 3.17. The number of hydrogen-bond acceptors (Lipinski definition) is 2. The molecule has 0 aromatic heterocycles. The zero-order valence-corrected chi connectivity index (χ0v) is 13.2. The molecule has 0 aliphatic heterocycles. The quantitative estimate of drug-likeness (QED) is 0.890. The Morgan fingerprint density at radius 2 is 1.48 bits per heavy atom. The summed E-state index contributed by atoms with van der Waals surface area (Å²) in [5.41, 5.74) is 2.31. The average Bonchev–Trinajstić information content (AvgIpc) is 2.47. The molecule has 0 bridgehead atoms. The second-order valence-corrected chi connectivity index (χ2v) is 7.32. The van der Waals surface area contributed by atoms with E-state index >= 15 is 0 Å². The molecule has 0 heterocycles. The molecule has 3 nitrogen and oxygen atoms in total. The first-order valence-corrected chi connectivity index (χ1v) is 8.58. The Kier molecular flexibility index (Phi) is 5.15. The predicted molar refractivity (Wildman–Crippen MR) is 85.7 cm³/mol. The third kappa shape index (κ3) is 4.69. The molecule has 21 heavy (non-hydrogen) atoms. The van der Waals surface area contributed by atoms with Crippen LogP contribution in [0, 0.1) is 5.92 Å². The molecule has 0 unspecified atom stereocenters. The van der Waals surface area contributed by atoms with Gasteiger partial charge in [0.1, 0.15) is 0 Å². The molecule has 2 aromatic carbocycles. The van der Waals surface area contributed by atoms with Crippen molar-refractivity contribution in [3.8, 4) is 0 Å². The fourth-order valence-electron chi connectivity index (χ4n) is 1.98. The molecule has 0 amide bonds. The molecule has 0 aliphatic rings. The molecular weight excluding hydrogens is 282 g/mol. The molecule has 4 heteroatoms. The molecule has 0 saturated heterocycles. The smallest absolute Gasteiger partial charge is 0.211 e. The lowest BCUT2D eigenvalue weighted by molar-refractivity contribution is 0.560. The Bertz CT molecular complexity index is 662. The Morgan fingerprint density at radius 3 is 2.05 bits per heavy atom. The van der Waals surface area contributed by atoms with E-state index in [-0.39, 0.29) is 5.92 Å². The maximum absolute atomic E-state index is 12.1.